The first-order valence-corrected chi connectivity index (χ1v) is 7.57. The van der Waals surface area contributed by atoms with Crippen molar-refractivity contribution in [2.45, 2.75) is 6.92 Å². The normalized spacial score (nSPS) is 11.1. The highest BCUT2D eigenvalue weighted by atomic mass is 19.1. The van der Waals surface area contributed by atoms with Crippen LogP contribution < -0.4 is 5.73 Å². The molecule has 4 aromatic rings. The van der Waals surface area contributed by atoms with Gasteiger partial charge in [-0.25, -0.2) is 9.97 Å². The molecule has 0 unspecified atom stereocenters. The second kappa shape index (κ2) is 5.45. The number of fused-ring (bicyclic) bond motifs is 1. The standard InChI is InChI=1S/C19H15FN4/c1-11-6-12(13-4-5-22-19(21)9-13)2-3-15(11)16-7-14-8-18(20)23-10-17(14)24-16/h2-10,24H,1H3,(H2,21,22). The van der Waals surface area contributed by atoms with E-state index >= 15 is 0 Å². The summed E-state index contributed by atoms with van der Waals surface area (Å²) in [6.45, 7) is 2.05. The molecule has 3 N–H and O–H groups in total. The molecule has 0 aliphatic heterocycles. The Labute approximate surface area is 138 Å². The van der Waals surface area contributed by atoms with E-state index in [0.29, 0.717) is 5.82 Å². The van der Waals surface area contributed by atoms with Crippen LogP contribution in [0.3, 0.4) is 0 Å². The van der Waals surface area contributed by atoms with Crippen LogP contribution in [0, 0.1) is 12.9 Å². The van der Waals surface area contributed by atoms with Gasteiger partial charge in [0.05, 0.1) is 11.7 Å². The SMILES string of the molecule is Cc1cc(-c2ccnc(N)c2)ccc1-c1cc2cc(F)ncc2[nH]1. The first-order chi connectivity index (χ1) is 11.6. The molecule has 3 heterocycles. The summed E-state index contributed by atoms with van der Waals surface area (Å²) >= 11 is 0. The maximum atomic E-state index is 13.3. The summed E-state index contributed by atoms with van der Waals surface area (Å²) in [6.07, 6.45) is 3.21. The highest BCUT2D eigenvalue weighted by Gasteiger charge is 2.09. The molecule has 0 atom stereocenters. The van der Waals surface area contributed by atoms with E-state index in [1.807, 2.05) is 31.2 Å². The van der Waals surface area contributed by atoms with Crippen molar-refractivity contribution < 1.29 is 4.39 Å². The molecular formula is C19H15FN4. The molecule has 0 fully saturated rings. The lowest BCUT2D eigenvalue weighted by atomic mass is 9.99. The largest absolute Gasteiger partial charge is 0.384 e. The number of nitrogens with two attached hydrogens (primary N) is 1. The van der Waals surface area contributed by atoms with Gasteiger partial charge < -0.3 is 10.7 Å². The van der Waals surface area contributed by atoms with Crippen LogP contribution in [0.4, 0.5) is 10.2 Å². The Morgan fingerprint density at radius 1 is 1.00 bits per heavy atom. The van der Waals surface area contributed by atoms with Crippen LogP contribution >= 0.6 is 0 Å². The number of hydrogen-bond acceptors (Lipinski definition) is 3. The van der Waals surface area contributed by atoms with Gasteiger partial charge in [0.15, 0.2) is 0 Å². The number of nitrogen functional groups attached to an aromatic ring is 1. The van der Waals surface area contributed by atoms with Crippen LogP contribution in [-0.2, 0) is 0 Å². The Balaban J connectivity index is 1.78. The maximum absolute atomic E-state index is 13.3. The zero-order valence-corrected chi connectivity index (χ0v) is 13.0. The fourth-order valence-electron chi connectivity index (χ4n) is 2.92. The summed E-state index contributed by atoms with van der Waals surface area (Å²) in [4.78, 5) is 11.0. The number of aryl methyl sites for hydroxylation is 1. The molecule has 5 heteroatoms. The molecule has 0 saturated heterocycles. The van der Waals surface area contributed by atoms with E-state index in [1.165, 1.54) is 12.3 Å². The van der Waals surface area contributed by atoms with E-state index in [9.17, 15) is 4.39 Å². The minimum atomic E-state index is -0.476. The van der Waals surface area contributed by atoms with Gasteiger partial charge in [-0.3, -0.25) is 0 Å². The zero-order chi connectivity index (χ0) is 16.7. The van der Waals surface area contributed by atoms with Crippen LogP contribution in [-0.4, -0.2) is 15.0 Å². The third-order valence-corrected chi connectivity index (χ3v) is 4.10. The van der Waals surface area contributed by atoms with Crippen molar-refractivity contribution in [2.75, 3.05) is 5.73 Å². The van der Waals surface area contributed by atoms with Gasteiger partial charge in [-0.05, 0) is 41.8 Å². The number of nitrogens with zero attached hydrogens (tertiary/aromatic N) is 2. The number of pyridine rings is 2. The second-order valence-corrected chi connectivity index (χ2v) is 5.78. The molecule has 4 rings (SSSR count). The van der Waals surface area contributed by atoms with Crippen molar-refractivity contribution in [1.82, 2.24) is 15.0 Å². The summed E-state index contributed by atoms with van der Waals surface area (Å²) in [5, 5.41) is 0.808. The molecule has 118 valence electrons. The minimum absolute atomic E-state index is 0.476. The number of benzene rings is 1. The molecule has 24 heavy (non-hydrogen) atoms. The number of hydrogen-bond donors (Lipinski definition) is 2. The third-order valence-electron chi connectivity index (χ3n) is 4.10. The molecule has 0 amide bonds. The van der Waals surface area contributed by atoms with Gasteiger partial charge in [0.2, 0.25) is 5.95 Å². The molecule has 0 aliphatic carbocycles. The fraction of sp³-hybridized carbons (Fsp3) is 0.0526. The maximum Gasteiger partial charge on any atom is 0.213 e. The van der Waals surface area contributed by atoms with Gasteiger partial charge in [0, 0.05) is 28.9 Å². The topological polar surface area (TPSA) is 67.6 Å². The Morgan fingerprint density at radius 2 is 1.83 bits per heavy atom. The van der Waals surface area contributed by atoms with Crippen molar-refractivity contribution in [2.24, 2.45) is 0 Å². The number of anilines is 1. The quantitative estimate of drug-likeness (QED) is 0.541. The molecule has 0 aliphatic rings. The first kappa shape index (κ1) is 14.4. The van der Waals surface area contributed by atoms with Gasteiger partial charge >= 0.3 is 0 Å². The Kier molecular flexibility index (Phi) is 3.27. The van der Waals surface area contributed by atoms with Crippen LogP contribution in [0.1, 0.15) is 5.56 Å². The number of aromatic amines is 1. The van der Waals surface area contributed by atoms with Crippen LogP contribution in [0.5, 0.6) is 0 Å². The van der Waals surface area contributed by atoms with Gasteiger partial charge in [-0.15, -0.1) is 0 Å². The third kappa shape index (κ3) is 2.50. The summed E-state index contributed by atoms with van der Waals surface area (Å²) in [5.74, 6) is 0.0229. The molecule has 3 aromatic heterocycles. The number of halogens is 1. The van der Waals surface area contributed by atoms with E-state index < -0.39 is 5.95 Å². The zero-order valence-electron chi connectivity index (χ0n) is 13.0. The highest BCUT2D eigenvalue weighted by molar-refractivity contribution is 5.86. The van der Waals surface area contributed by atoms with Gasteiger partial charge in [0.1, 0.15) is 5.82 Å². The molecular weight excluding hydrogens is 303 g/mol. The predicted octanol–water partition coefficient (Wildman–Crippen LogP) is 4.32. The summed E-state index contributed by atoms with van der Waals surface area (Å²) in [5.41, 5.74) is 11.8. The van der Waals surface area contributed by atoms with Crippen molar-refractivity contribution in [3.8, 4) is 22.4 Å². The van der Waals surface area contributed by atoms with Crippen LogP contribution in [0.25, 0.3) is 33.3 Å². The van der Waals surface area contributed by atoms with Gasteiger partial charge in [0.25, 0.3) is 0 Å². The van der Waals surface area contributed by atoms with E-state index in [-0.39, 0.29) is 0 Å². The van der Waals surface area contributed by atoms with E-state index in [0.717, 1.165) is 38.9 Å². The molecule has 0 bridgehead atoms. The summed E-state index contributed by atoms with van der Waals surface area (Å²) in [7, 11) is 0. The molecule has 0 radical (unpaired) electrons. The van der Waals surface area contributed by atoms with Crippen molar-refractivity contribution in [3.63, 3.8) is 0 Å². The Bertz CT molecular complexity index is 1050. The molecule has 4 nitrogen and oxygen atoms in total. The minimum Gasteiger partial charge on any atom is -0.384 e. The van der Waals surface area contributed by atoms with E-state index in [1.54, 1.807) is 6.20 Å². The molecule has 0 spiro atoms. The average molecular weight is 318 g/mol. The first-order valence-electron chi connectivity index (χ1n) is 7.57. The lowest BCUT2D eigenvalue weighted by Crippen LogP contribution is -1.90. The Hall–Kier alpha value is -3.21. The number of H-pyrrole nitrogens is 1. The molecule has 1 aromatic carbocycles. The summed E-state index contributed by atoms with van der Waals surface area (Å²) in [6, 6.07) is 13.4. The van der Waals surface area contributed by atoms with Crippen molar-refractivity contribution in [3.05, 3.63) is 66.4 Å². The van der Waals surface area contributed by atoms with Crippen molar-refractivity contribution >= 4 is 16.7 Å². The smallest absolute Gasteiger partial charge is 0.213 e. The monoisotopic (exact) mass is 318 g/mol. The van der Waals surface area contributed by atoms with E-state index in [2.05, 4.69) is 27.1 Å². The fourth-order valence-corrected chi connectivity index (χ4v) is 2.92. The number of rotatable bonds is 2. The highest BCUT2D eigenvalue weighted by Crippen LogP contribution is 2.30. The van der Waals surface area contributed by atoms with Crippen molar-refractivity contribution in [1.29, 1.82) is 0 Å². The Morgan fingerprint density at radius 3 is 2.62 bits per heavy atom. The lowest BCUT2D eigenvalue weighted by molar-refractivity contribution is 0.586. The number of aromatic nitrogens is 3. The van der Waals surface area contributed by atoms with E-state index in [4.69, 9.17) is 5.73 Å². The average Bonchev–Trinajstić information content (AvgIpc) is 2.97. The number of nitrogens with one attached hydrogen (secondary N) is 1. The predicted molar refractivity (Wildman–Crippen MR) is 93.9 cm³/mol. The van der Waals surface area contributed by atoms with Gasteiger partial charge in [-0.1, -0.05) is 18.2 Å². The summed E-state index contributed by atoms with van der Waals surface area (Å²) < 4.78 is 13.3. The van der Waals surface area contributed by atoms with Crippen LogP contribution in [0.2, 0.25) is 0 Å². The molecule has 0 saturated carbocycles. The van der Waals surface area contributed by atoms with Crippen LogP contribution in [0.15, 0.2) is 54.9 Å². The lowest BCUT2D eigenvalue weighted by Gasteiger charge is -2.08. The second-order valence-electron chi connectivity index (χ2n) is 5.78. The van der Waals surface area contributed by atoms with Gasteiger partial charge in [-0.2, -0.15) is 4.39 Å².